The first-order valence-electron chi connectivity index (χ1n) is 7.24. The van der Waals surface area contributed by atoms with Crippen molar-refractivity contribution in [3.8, 4) is 0 Å². The van der Waals surface area contributed by atoms with Crippen LogP contribution in [0.2, 0.25) is 0 Å². The van der Waals surface area contributed by atoms with Crippen LogP contribution in [0.25, 0.3) is 0 Å². The smallest absolute Gasteiger partial charge is 0.240 e. The zero-order valence-electron chi connectivity index (χ0n) is 12.6. The highest BCUT2D eigenvalue weighted by molar-refractivity contribution is 7.89. The van der Waals surface area contributed by atoms with E-state index in [9.17, 15) is 8.42 Å². The first-order valence-corrected chi connectivity index (χ1v) is 8.73. The van der Waals surface area contributed by atoms with E-state index in [4.69, 9.17) is 5.73 Å². The molecule has 1 rings (SSSR count). The first-order chi connectivity index (χ1) is 9.35. The van der Waals surface area contributed by atoms with Crippen LogP contribution in [-0.4, -0.2) is 14.5 Å². The van der Waals surface area contributed by atoms with Crippen molar-refractivity contribution in [1.29, 1.82) is 0 Å². The third-order valence-corrected chi connectivity index (χ3v) is 4.80. The van der Waals surface area contributed by atoms with Crippen molar-refractivity contribution in [3.63, 3.8) is 0 Å². The van der Waals surface area contributed by atoms with Gasteiger partial charge in [0.25, 0.3) is 0 Å². The summed E-state index contributed by atoms with van der Waals surface area (Å²) in [6.45, 7) is 5.90. The van der Waals surface area contributed by atoms with Gasteiger partial charge in [0.2, 0.25) is 10.0 Å². The molecule has 0 heterocycles. The number of nitrogens with one attached hydrogen (secondary N) is 1. The Labute approximate surface area is 122 Å². The first kappa shape index (κ1) is 17.0. The lowest BCUT2D eigenvalue weighted by molar-refractivity contribution is 0.522. The van der Waals surface area contributed by atoms with Crippen LogP contribution in [-0.2, 0) is 10.0 Å². The number of sulfonamides is 1. The van der Waals surface area contributed by atoms with Gasteiger partial charge in [0, 0.05) is 11.7 Å². The maximum absolute atomic E-state index is 12.3. The fourth-order valence-electron chi connectivity index (χ4n) is 2.20. The monoisotopic (exact) mass is 298 g/mol. The predicted octanol–water partition coefficient (Wildman–Crippen LogP) is 3.21. The van der Waals surface area contributed by atoms with E-state index in [1.54, 1.807) is 12.1 Å². The normalized spacial score (nSPS) is 13.3. The largest absolute Gasteiger partial charge is 0.399 e. The lowest BCUT2D eigenvalue weighted by Gasteiger charge is -2.15. The lowest BCUT2D eigenvalue weighted by atomic mass is 10.1. The molecule has 0 spiro atoms. The van der Waals surface area contributed by atoms with Crippen LogP contribution < -0.4 is 10.5 Å². The van der Waals surface area contributed by atoms with Gasteiger partial charge in [-0.1, -0.05) is 32.6 Å². The minimum absolute atomic E-state index is 0.0569. The van der Waals surface area contributed by atoms with Crippen LogP contribution in [0.15, 0.2) is 23.1 Å². The van der Waals surface area contributed by atoms with Crippen molar-refractivity contribution in [3.05, 3.63) is 23.8 Å². The van der Waals surface area contributed by atoms with Gasteiger partial charge in [0.1, 0.15) is 0 Å². The molecule has 4 nitrogen and oxygen atoms in total. The summed E-state index contributed by atoms with van der Waals surface area (Å²) in [4.78, 5) is 0.246. The second kappa shape index (κ2) is 7.64. The second-order valence-electron chi connectivity index (χ2n) is 5.45. The van der Waals surface area contributed by atoms with Gasteiger partial charge in [0.15, 0.2) is 0 Å². The molecule has 0 bridgehead atoms. The SMILES string of the molecule is CCCCCCC(C)NS(=O)(=O)c1cc(C)cc(N)c1. The average Bonchev–Trinajstić information content (AvgIpc) is 2.33. The van der Waals surface area contributed by atoms with Crippen LogP contribution in [0.3, 0.4) is 0 Å². The summed E-state index contributed by atoms with van der Waals surface area (Å²) in [6.07, 6.45) is 5.45. The molecule has 0 saturated carbocycles. The quantitative estimate of drug-likeness (QED) is 0.572. The predicted molar refractivity (Wildman–Crippen MR) is 84.1 cm³/mol. The molecule has 0 radical (unpaired) electrons. The third kappa shape index (κ3) is 5.51. The van der Waals surface area contributed by atoms with E-state index < -0.39 is 10.0 Å². The van der Waals surface area contributed by atoms with Crippen molar-refractivity contribution in [2.45, 2.75) is 63.8 Å². The number of rotatable bonds is 8. The maximum atomic E-state index is 12.3. The summed E-state index contributed by atoms with van der Waals surface area (Å²) >= 11 is 0. The molecule has 0 fully saturated rings. The number of nitrogens with two attached hydrogens (primary N) is 1. The van der Waals surface area contributed by atoms with Gasteiger partial charge in [-0.25, -0.2) is 13.1 Å². The Bertz CT molecular complexity index is 506. The van der Waals surface area contributed by atoms with Gasteiger partial charge < -0.3 is 5.73 Å². The van der Waals surface area contributed by atoms with Crippen LogP contribution >= 0.6 is 0 Å². The fraction of sp³-hybridized carbons (Fsp3) is 0.600. The number of unbranched alkanes of at least 4 members (excludes halogenated alkanes) is 3. The Morgan fingerprint density at radius 3 is 2.50 bits per heavy atom. The number of aryl methyl sites for hydroxylation is 1. The Morgan fingerprint density at radius 1 is 1.20 bits per heavy atom. The fourth-order valence-corrected chi connectivity index (χ4v) is 3.62. The van der Waals surface area contributed by atoms with Crippen molar-refractivity contribution in [1.82, 2.24) is 4.72 Å². The van der Waals surface area contributed by atoms with Crippen LogP contribution in [0, 0.1) is 6.92 Å². The van der Waals surface area contributed by atoms with Crippen LogP contribution in [0.4, 0.5) is 5.69 Å². The zero-order chi connectivity index (χ0) is 15.2. The highest BCUT2D eigenvalue weighted by Gasteiger charge is 2.17. The molecule has 20 heavy (non-hydrogen) atoms. The Morgan fingerprint density at radius 2 is 1.90 bits per heavy atom. The van der Waals surface area contributed by atoms with E-state index >= 15 is 0 Å². The Hall–Kier alpha value is -1.07. The molecule has 114 valence electrons. The van der Waals surface area contributed by atoms with E-state index in [0.29, 0.717) is 5.69 Å². The number of nitrogen functional groups attached to an aromatic ring is 1. The molecule has 0 aromatic heterocycles. The molecule has 0 aliphatic heterocycles. The molecule has 1 aromatic rings. The van der Waals surface area contributed by atoms with Gasteiger partial charge in [0.05, 0.1) is 4.90 Å². The summed E-state index contributed by atoms with van der Waals surface area (Å²) in [5.74, 6) is 0. The van der Waals surface area contributed by atoms with E-state index in [2.05, 4.69) is 11.6 Å². The van der Waals surface area contributed by atoms with Crippen molar-refractivity contribution >= 4 is 15.7 Å². The van der Waals surface area contributed by atoms with Crippen LogP contribution in [0.5, 0.6) is 0 Å². The van der Waals surface area contributed by atoms with Crippen molar-refractivity contribution in [2.75, 3.05) is 5.73 Å². The lowest BCUT2D eigenvalue weighted by Crippen LogP contribution is -2.32. The number of hydrogen-bond acceptors (Lipinski definition) is 3. The molecule has 1 aromatic carbocycles. The molecular formula is C15H26N2O2S. The van der Waals surface area contributed by atoms with Gasteiger partial charge in [-0.15, -0.1) is 0 Å². The van der Waals surface area contributed by atoms with E-state index in [1.807, 2.05) is 13.8 Å². The minimum Gasteiger partial charge on any atom is -0.399 e. The van der Waals surface area contributed by atoms with E-state index in [1.165, 1.54) is 18.9 Å². The van der Waals surface area contributed by atoms with Crippen molar-refractivity contribution in [2.24, 2.45) is 0 Å². The summed E-state index contributed by atoms with van der Waals surface area (Å²) in [6, 6.07) is 4.84. The number of hydrogen-bond donors (Lipinski definition) is 2. The molecule has 1 unspecified atom stereocenters. The number of anilines is 1. The summed E-state index contributed by atoms with van der Waals surface area (Å²) in [5, 5.41) is 0. The molecule has 0 saturated heterocycles. The van der Waals surface area contributed by atoms with Gasteiger partial charge in [-0.3, -0.25) is 0 Å². The topological polar surface area (TPSA) is 72.2 Å². The molecule has 0 aliphatic carbocycles. The van der Waals surface area contributed by atoms with Gasteiger partial charge in [-0.2, -0.15) is 0 Å². The highest BCUT2D eigenvalue weighted by atomic mass is 32.2. The zero-order valence-corrected chi connectivity index (χ0v) is 13.5. The van der Waals surface area contributed by atoms with E-state index in [-0.39, 0.29) is 10.9 Å². The van der Waals surface area contributed by atoms with Gasteiger partial charge in [-0.05, 0) is 44.0 Å². The third-order valence-electron chi connectivity index (χ3n) is 3.23. The number of benzene rings is 1. The molecule has 1 atom stereocenters. The van der Waals surface area contributed by atoms with Crippen molar-refractivity contribution < 1.29 is 8.42 Å². The molecule has 0 aliphatic rings. The standard InChI is InChI=1S/C15H26N2O2S/c1-4-5-6-7-8-13(3)17-20(18,19)15-10-12(2)9-14(16)11-15/h9-11,13,17H,4-8,16H2,1-3H3. The molecular weight excluding hydrogens is 272 g/mol. The highest BCUT2D eigenvalue weighted by Crippen LogP contribution is 2.17. The Balaban J connectivity index is 2.64. The molecule has 3 N–H and O–H groups in total. The van der Waals surface area contributed by atoms with E-state index in [0.717, 1.165) is 24.8 Å². The minimum atomic E-state index is -3.48. The summed E-state index contributed by atoms with van der Waals surface area (Å²) in [7, 11) is -3.48. The van der Waals surface area contributed by atoms with Crippen LogP contribution in [0.1, 0.15) is 51.5 Å². The second-order valence-corrected chi connectivity index (χ2v) is 7.17. The molecule has 5 heteroatoms. The van der Waals surface area contributed by atoms with Gasteiger partial charge >= 0.3 is 0 Å². The maximum Gasteiger partial charge on any atom is 0.240 e. The summed E-state index contributed by atoms with van der Waals surface area (Å²) < 4.78 is 27.3. The average molecular weight is 298 g/mol. The molecule has 0 amide bonds. The Kier molecular flexibility index (Phi) is 6.49. The summed E-state index contributed by atoms with van der Waals surface area (Å²) in [5.41, 5.74) is 7.03.